The highest BCUT2D eigenvalue weighted by atomic mass is 19.1. The molecule has 1 atom stereocenters. The average molecular weight is 347 g/mol. The second-order valence-corrected chi connectivity index (χ2v) is 5.26. The summed E-state index contributed by atoms with van der Waals surface area (Å²) in [6.07, 6.45) is -1.10. The van der Waals surface area contributed by atoms with Gasteiger partial charge in [-0.3, -0.25) is 0 Å². The molecule has 2 aromatic carbocycles. The van der Waals surface area contributed by atoms with Gasteiger partial charge in [-0.1, -0.05) is 36.4 Å². The largest absolute Gasteiger partial charge is 0.497 e. The highest BCUT2D eigenvalue weighted by Crippen LogP contribution is 2.17. The molecule has 0 aliphatic heterocycles. The van der Waals surface area contributed by atoms with E-state index in [1.54, 1.807) is 24.3 Å². The lowest BCUT2D eigenvalue weighted by Gasteiger charge is -2.15. The molecule has 1 amide bonds. The fourth-order valence-corrected chi connectivity index (χ4v) is 2.15. The van der Waals surface area contributed by atoms with Gasteiger partial charge in [0.25, 0.3) is 0 Å². The van der Waals surface area contributed by atoms with Gasteiger partial charge < -0.3 is 19.9 Å². The minimum Gasteiger partial charge on any atom is -0.497 e. The first-order valence-electron chi connectivity index (χ1n) is 7.52. The summed E-state index contributed by atoms with van der Waals surface area (Å²) < 4.78 is 23.8. The van der Waals surface area contributed by atoms with E-state index in [0.717, 1.165) is 11.6 Å². The number of ether oxygens (including phenoxy) is 2. The molecule has 0 saturated heterocycles. The third-order valence-electron chi connectivity index (χ3n) is 3.49. The number of aliphatic carboxylic acids is 1. The quantitative estimate of drug-likeness (QED) is 0.804. The molecule has 7 heteroatoms. The Labute approximate surface area is 144 Å². The fraction of sp³-hybridized carbons (Fsp3) is 0.222. The summed E-state index contributed by atoms with van der Waals surface area (Å²) >= 11 is 0. The zero-order valence-electron chi connectivity index (χ0n) is 13.6. The molecule has 132 valence electrons. The second-order valence-electron chi connectivity index (χ2n) is 5.26. The van der Waals surface area contributed by atoms with Crippen LogP contribution >= 0.6 is 0 Å². The van der Waals surface area contributed by atoms with E-state index in [-0.39, 0.29) is 18.6 Å². The van der Waals surface area contributed by atoms with Crippen LogP contribution in [-0.4, -0.2) is 30.3 Å². The number of amides is 1. The molecule has 0 fully saturated rings. The topological polar surface area (TPSA) is 84.9 Å². The number of carbonyl (C=O) groups excluding carboxylic acids is 1. The maximum absolute atomic E-state index is 14.0. The van der Waals surface area contributed by atoms with E-state index in [4.69, 9.17) is 9.47 Å². The summed E-state index contributed by atoms with van der Waals surface area (Å²) in [6.45, 7) is 0.00983. The summed E-state index contributed by atoms with van der Waals surface area (Å²) in [5.41, 5.74) is 0.919. The van der Waals surface area contributed by atoms with Gasteiger partial charge in [0, 0.05) is 12.5 Å². The van der Waals surface area contributed by atoms with Crippen molar-refractivity contribution in [2.45, 2.75) is 19.1 Å². The lowest BCUT2D eigenvalue weighted by molar-refractivity contribution is -0.139. The number of methoxy groups -OCH3 is 1. The van der Waals surface area contributed by atoms with Crippen LogP contribution in [0.3, 0.4) is 0 Å². The predicted octanol–water partition coefficient (Wildman–Crippen LogP) is 2.76. The fourth-order valence-electron chi connectivity index (χ4n) is 2.15. The van der Waals surface area contributed by atoms with Gasteiger partial charge in [0.05, 0.1) is 7.11 Å². The molecule has 0 aliphatic carbocycles. The number of halogens is 1. The minimum absolute atomic E-state index is 0.00983. The van der Waals surface area contributed by atoms with Crippen LogP contribution in [0.15, 0.2) is 48.5 Å². The Morgan fingerprint density at radius 1 is 1.20 bits per heavy atom. The standard InChI is InChI=1S/C18H18FNO5/c1-24-14-8-7-13(15(19)10-14)9-16(17(21)22)20-18(23)25-11-12-5-3-2-4-6-12/h2-8,10,16H,9,11H2,1H3,(H,20,23)(H,21,22). The lowest BCUT2D eigenvalue weighted by atomic mass is 10.1. The van der Waals surface area contributed by atoms with Crippen molar-refractivity contribution in [1.82, 2.24) is 5.32 Å². The Morgan fingerprint density at radius 2 is 1.92 bits per heavy atom. The summed E-state index contributed by atoms with van der Waals surface area (Å²) in [4.78, 5) is 23.1. The second kappa shape index (κ2) is 8.68. The number of alkyl carbamates (subject to hydrolysis) is 1. The Balaban J connectivity index is 1.96. The number of nitrogens with one attached hydrogen (secondary N) is 1. The maximum Gasteiger partial charge on any atom is 0.408 e. The number of hydrogen-bond donors (Lipinski definition) is 2. The monoisotopic (exact) mass is 347 g/mol. The van der Waals surface area contributed by atoms with Gasteiger partial charge >= 0.3 is 12.1 Å². The molecular formula is C18H18FNO5. The van der Waals surface area contributed by atoms with Crippen molar-refractivity contribution in [3.05, 3.63) is 65.5 Å². The van der Waals surface area contributed by atoms with Crippen LogP contribution in [0.1, 0.15) is 11.1 Å². The zero-order chi connectivity index (χ0) is 18.2. The van der Waals surface area contributed by atoms with Gasteiger partial charge in [-0.05, 0) is 17.2 Å². The molecule has 0 saturated carbocycles. The first kappa shape index (κ1) is 18.3. The summed E-state index contributed by atoms with van der Waals surface area (Å²) in [6, 6.07) is 11.7. The van der Waals surface area contributed by atoms with Crippen LogP contribution < -0.4 is 10.1 Å². The Kier molecular flexibility index (Phi) is 6.33. The zero-order valence-corrected chi connectivity index (χ0v) is 13.6. The Bertz CT molecular complexity index is 736. The SMILES string of the molecule is COc1ccc(CC(NC(=O)OCc2ccccc2)C(=O)O)c(F)c1. The van der Waals surface area contributed by atoms with Crippen molar-refractivity contribution >= 4 is 12.1 Å². The normalized spacial score (nSPS) is 11.4. The maximum atomic E-state index is 14.0. The summed E-state index contributed by atoms with van der Waals surface area (Å²) in [5.74, 6) is -1.57. The number of carboxylic acids is 1. The van der Waals surface area contributed by atoms with Gasteiger partial charge in [-0.2, -0.15) is 0 Å². The van der Waals surface area contributed by atoms with Crippen LogP contribution in [0.25, 0.3) is 0 Å². The van der Waals surface area contributed by atoms with E-state index in [0.29, 0.717) is 5.75 Å². The lowest BCUT2D eigenvalue weighted by Crippen LogP contribution is -2.42. The van der Waals surface area contributed by atoms with Crippen LogP contribution in [0, 0.1) is 5.82 Å². The van der Waals surface area contributed by atoms with Crippen LogP contribution in [0.5, 0.6) is 5.75 Å². The molecule has 25 heavy (non-hydrogen) atoms. The molecule has 6 nitrogen and oxygen atoms in total. The molecule has 2 rings (SSSR count). The molecule has 0 spiro atoms. The number of benzene rings is 2. The molecule has 0 heterocycles. The van der Waals surface area contributed by atoms with Gasteiger partial charge in [-0.15, -0.1) is 0 Å². The van der Waals surface area contributed by atoms with Gasteiger partial charge in [0.1, 0.15) is 24.2 Å². The van der Waals surface area contributed by atoms with Crippen molar-refractivity contribution in [1.29, 1.82) is 0 Å². The molecule has 0 aliphatic rings. The summed E-state index contributed by atoms with van der Waals surface area (Å²) in [5, 5.41) is 11.5. The third kappa shape index (κ3) is 5.49. The van der Waals surface area contributed by atoms with Gasteiger partial charge in [0.15, 0.2) is 0 Å². The average Bonchev–Trinajstić information content (AvgIpc) is 2.61. The van der Waals surface area contributed by atoms with Crippen LogP contribution in [0.4, 0.5) is 9.18 Å². The number of hydrogen-bond acceptors (Lipinski definition) is 4. The van der Waals surface area contributed by atoms with E-state index in [1.165, 1.54) is 19.2 Å². The van der Waals surface area contributed by atoms with Crippen molar-refractivity contribution in [3.8, 4) is 5.75 Å². The summed E-state index contributed by atoms with van der Waals surface area (Å²) in [7, 11) is 1.40. The van der Waals surface area contributed by atoms with Crippen molar-refractivity contribution in [3.63, 3.8) is 0 Å². The Hall–Kier alpha value is -3.09. The van der Waals surface area contributed by atoms with Crippen LogP contribution in [-0.2, 0) is 22.6 Å². The molecule has 0 aromatic heterocycles. The van der Waals surface area contributed by atoms with Gasteiger partial charge in [-0.25, -0.2) is 14.0 Å². The Morgan fingerprint density at radius 3 is 2.52 bits per heavy atom. The first-order chi connectivity index (χ1) is 12.0. The molecule has 0 radical (unpaired) electrons. The minimum atomic E-state index is -1.31. The highest BCUT2D eigenvalue weighted by molar-refractivity contribution is 5.80. The number of rotatable bonds is 7. The van der Waals surface area contributed by atoms with Crippen LogP contribution in [0.2, 0.25) is 0 Å². The number of carboxylic acid groups (broad SMARTS) is 1. The highest BCUT2D eigenvalue weighted by Gasteiger charge is 2.22. The van der Waals surface area contributed by atoms with E-state index >= 15 is 0 Å². The van der Waals surface area contributed by atoms with E-state index < -0.39 is 23.9 Å². The van der Waals surface area contributed by atoms with E-state index in [1.807, 2.05) is 6.07 Å². The van der Waals surface area contributed by atoms with Crippen molar-refractivity contribution < 1.29 is 28.6 Å². The molecule has 2 N–H and O–H groups in total. The van der Waals surface area contributed by atoms with E-state index in [9.17, 15) is 19.1 Å². The predicted molar refractivity (Wildman–Crippen MR) is 87.8 cm³/mol. The smallest absolute Gasteiger partial charge is 0.408 e. The molecule has 1 unspecified atom stereocenters. The number of carbonyl (C=O) groups is 2. The van der Waals surface area contributed by atoms with E-state index in [2.05, 4.69) is 5.32 Å². The molecule has 0 bridgehead atoms. The third-order valence-corrected chi connectivity index (χ3v) is 3.49. The first-order valence-corrected chi connectivity index (χ1v) is 7.52. The molecule has 2 aromatic rings. The van der Waals surface area contributed by atoms with Crippen molar-refractivity contribution in [2.24, 2.45) is 0 Å². The molecular weight excluding hydrogens is 329 g/mol. The van der Waals surface area contributed by atoms with Gasteiger partial charge in [0.2, 0.25) is 0 Å². The van der Waals surface area contributed by atoms with Crippen molar-refractivity contribution in [2.75, 3.05) is 7.11 Å².